The Balaban J connectivity index is 1.70. The van der Waals surface area contributed by atoms with Crippen molar-refractivity contribution in [2.45, 2.75) is 39.5 Å². The average molecular weight is 329 g/mol. The summed E-state index contributed by atoms with van der Waals surface area (Å²) in [5, 5.41) is 7.14. The molecule has 7 nitrogen and oxygen atoms in total. The van der Waals surface area contributed by atoms with Crippen LogP contribution in [-0.2, 0) is 4.79 Å². The number of rotatable bonds is 6. The molecule has 0 atom stereocenters. The number of hydrogen-bond donors (Lipinski definition) is 1. The second-order valence-electron chi connectivity index (χ2n) is 6.39. The minimum absolute atomic E-state index is 0.231. The van der Waals surface area contributed by atoms with E-state index < -0.39 is 0 Å². The molecule has 2 aromatic rings. The minimum atomic E-state index is 0.231. The van der Waals surface area contributed by atoms with E-state index in [0.29, 0.717) is 31.2 Å². The molecule has 0 aliphatic carbocycles. The molecule has 1 fully saturated rings. The number of carbonyl (C=O) groups excluding carboxylic acids is 1. The monoisotopic (exact) mass is 329 g/mol. The Bertz CT molecular complexity index is 726. The molecular weight excluding hydrogens is 306 g/mol. The summed E-state index contributed by atoms with van der Waals surface area (Å²) in [4.78, 5) is 22.5. The van der Waals surface area contributed by atoms with E-state index in [-0.39, 0.29) is 11.8 Å². The molecule has 1 aliphatic rings. The largest absolute Gasteiger partial charge is 0.356 e. The number of hydrogen-bond acceptors (Lipinski definition) is 6. The van der Waals surface area contributed by atoms with Gasteiger partial charge in [0.05, 0.1) is 17.0 Å². The molecule has 1 N–H and O–H groups in total. The molecule has 0 radical (unpaired) electrons. The van der Waals surface area contributed by atoms with Crippen molar-refractivity contribution in [2.75, 3.05) is 25.0 Å². The van der Waals surface area contributed by atoms with Gasteiger partial charge >= 0.3 is 0 Å². The molecule has 128 valence electrons. The van der Waals surface area contributed by atoms with Gasteiger partial charge in [-0.3, -0.25) is 4.79 Å². The van der Waals surface area contributed by atoms with E-state index in [4.69, 9.17) is 4.52 Å². The van der Waals surface area contributed by atoms with E-state index in [1.54, 1.807) is 6.20 Å². The summed E-state index contributed by atoms with van der Waals surface area (Å²) in [6.45, 7) is 8.23. The van der Waals surface area contributed by atoms with Crippen LogP contribution in [-0.4, -0.2) is 45.6 Å². The van der Waals surface area contributed by atoms with Crippen LogP contribution in [0.2, 0.25) is 0 Å². The molecule has 7 heteroatoms. The summed E-state index contributed by atoms with van der Waals surface area (Å²) in [5.41, 5.74) is 2.61. The van der Waals surface area contributed by atoms with Gasteiger partial charge in [-0.05, 0) is 19.3 Å². The molecule has 1 aliphatic heterocycles. The van der Waals surface area contributed by atoms with E-state index >= 15 is 0 Å². The van der Waals surface area contributed by atoms with Gasteiger partial charge in [0, 0.05) is 38.3 Å². The third-order valence-electron chi connectivity index (χ3n) is 4.09. The number of anilines is 1. The fourth-order valence-corrected chi connectivity index (χ4v) is 2.84. The maximum absolute atomic E-state index is 11.6. The lowest BCUT2D eigenvalue weighted by atomic mass is 10.0. The van der Waals surface area contributed by atoms with Crippen molar-refractivity contribution in [1.29, 1.82) is 0 Å². The van der Waals surface area contributed by atoms with Crippen LogP contribution in [0.3, 0.4) is 0 Å². The van der Waals surface area contributed by atoms with Crippen LogP contribution in [0.5, 0.6) is 0 Å². The van der Waals surface area contributed by atoms with Crippen LogP contribution in [0.4, 0.5) is 5.95 Å². The number of likely N-dealkylation sites (tertiary alicyclic amines) is 1. The van der Waals surface area contributed by atoms with Gasteiger partial charge < -0.3 is 14.7 Å². The molecule has 0 spiro atoms. The quantitative estimate of drug-likeness (QED) is 0.877. The molecular formula is C17H23N5O2. The summed E-state index contributed by atoms with van der Waals surface area (Å²) in [7, 11) is 0. The van der Waals surface area contributed by atoms with Gasteiger partial charge in [-0.2, -0.15) is 0 Å². The lowest BCUT2D eigenvalue weighted by Crippen LogP contribution is -2.30. The number of nitrogens with zero attached hydrogens (tertiary/aromatic N) is 4. The van der Waals surface area contributed by atoms with E-state index in [0.717, 1.165) is 29.9 Å². The molecule has 0 unspecified atom stereocenters. The maximum Gasteiger partial charge on any atom is 0.222 e. The van der Waals surface area contributed by atoms with Crippen molar-refractivity contribution in [1.82, 2.24) is 20.0 Å². The molecule has 1 amide bonds. The number of carbonyl (C=O) groups is 1. The van der Waals surface area contributed by atoms with Crippen LogP contribution in [0.1, 0.15) is 44.0 Å². The predicted molar refractivity (Wildman–Crippen MR) is 90.7 cm³/mol. The molecule has 0 bridgehead atoms. The molecule has 24 heavy (non-hydrogen) atoms. The SMILES string of the molecule is Cc1cc(-c2cnc(NCCN3CCCC3=O)nc2C(C)C)on1. The molecule has 0 aromatic carbocycles. The van der Waals surface area contributed by atoms with Gasteiger partial charge in [-0.25, -0.2) is 9.97 Å². The van der Waals surface area contributed by atoms with Crippen molar-refractivity contribution < 1.29 is 9.32 Å². The van der Waals surface area contributed by atoms with Gasteiger partial charge in [0.25, 0.3) is 0 Å². The lowest BCUT2D eigenvalue weighted by Gasteiger charge is -2.16. The van der Waals surface area contributed by atoms with E-state index in [2.05, 4.69) is 34.3 Å². The van der Waals surface area contributed by atoms with Crippen molar-refractivity contribution >= 4 is 11.9 Å². The Morgan fingerprint density at radius 1 is 1.42 bits per heavy atom. The second kappa shape index (κ2) is 6.98. The number of nitrogens with one attached hydrogen (secondary N) is 1. The van der Waals surface area contributed by atoms with Crippen molar-refractivity contribution in [3.05, 3.63) is 23.7 Å². The number of aryl methyl sites for hydroxylation is 1. The average Bonchev–Trinajstić information content (AvgIpc) is 3.16. The predicted octanol–water partition coefficient (Wildman–Crippen LogP) is 2.60. The number of amides is 1. The first-order valence-electron chi connectivity index (χ1n) is 8.37. The summed E-state index contributed by atoms with van der Waals surface area (Å²) in [5.74, 6) is 1.72. The van der Waals surface area contributed by atoms with Crippen LogP contribution >= 0.6 is 0 Å². The van der Waals surface area contributed by atoms with Gasteiger partial charge in [-0.1, -0.05) is 19.0 Å². The van der Waals surface area contributed by atoms with Gasteiger partial charge in [0.2, 0.25) is 11.9 Å². The summed E-state index contributed by atoms with van der Waals surface area (Å²) in [6.07, 6.45) is 3.39. The third-order valence-corrected chi connectivity index (χ3v) is 4.09. The Hall–Kier alpha value is -2.44. The Morgan fingerprint density at radius 3 is 2.88 bits per heavy atom. The zero-order chi connectivity index (χ0) is 17.1. The van der Waals surface area contributed by atoms with Crippen molar-refractivity contribution in [2.24, 2.45) is 0 Å². The Labute approximate surface area is 141 Å². The standard InChI is InChI=1S/C17H23N5O2/c1-11(2)16-13(14-9-12(3)21-24-14)10-19-17(20-16)18-6-8-22-7-4-5-15(22)23/h9-11H,4-8H2,1-3H3,(H,18,19,20). The minimum Gasteiger partial charge on any atom is -0.356 e. The normalized spacial score (nSPS) is 14.7. The fraction of sp³-hybridized carbons (Fsp3) is 0.529. The molecule has 3 heterocycles. The van der Waals surface area contributed by atoms with Crippen molar-refractivity contribution in [3.8, 4) is 11.3 Å². The van der Waals surface area contributed by atoms with Crippen molar-refractivity contribution in [3.63, 3.8) is 0 Å². The van der Waals surface area contributed by atoms with Crippen LogP contribution in [0.25, 0.3) is 11.3 Å². The zero-order valence-electron chi connectivity index (χ0n) is 14.4. The second-order valence-corrected chi connectivity index (χ2v) is 6.39. The van der Waals surface area contributed by atoms with E-state index in [1.165, 1.54) is 0 Å². The third kappa shape index (κ3) is 3.55. The highest BCUT2D eigenvalue weighted by atomic mass is 16.5. The van der Waals surface area contributed by atoms with E-state index in [1.807, 2.05) is 17.9 Å². The highest BCUT2D eigenvalue weighted by molar-refractivity contribution is 5.78. The topological polar surface area (TPSA) is 84.2 Å². The van der Waals surface area contributed by atoms with Crippen LogP contribution < -0.4 is 5.32 Å². The highest BCUT2D eigenvalue weighted by Gasteiger charge is 2.20. The van der Waals surface area contributed by atoms with Gasteiger partial charge in [0.15, 0.2) is 5.76 Å². The smallest absolute Gasteiger partial charge is 0.222 e. The molecule has 0 saturated carbocycles. The first-order chi connectivity index (χ1) is 11.5. The van der Waals surface area contributed by atoms with E-state index in [9.17, 15) is 4.79 Å². The molecule has 2 aromatic heterocycles. The highest BCUT2D eigenvalue weighted by Crippen LogP contribution is 2.28. The fourth-order valence-electron chi connectivity index (χ4n) is 2.84. The van der Waals surface area contributed by atoms with Gasteiger partial charge in [-0.15, -0.1) is 0 Å². The van der Waals surface area contributed by atoms with Crippen LogP contribution in [0.15, 0.2) is 16.8 Å². The first-order valence-corrected chi connectivity index (χ1v) is 8.37. The maximum atomic E-state index is 11.6. The summed E-state index contributed by atoms with van der Waals surface area (Å²) in [6, 6.07) is 1.89. The zero-order valence-corrected chi connectivity index (χ0v) is 14.4. The van der Waals surface area contributed by atoms with Gasteiger partial charge in [0.1, 0.15) is 0 Å². The number of aromatic nitrogens is 3. The molecule has 1 saturated heterocycles. The lowest BCUT2D eigenvalue weighted by molar-refractivity contribution is -0.127. The summed E-state index contributed by atoms with van der Waals surface area (Å²) >= 11 is 0. The van der Waals surface area contributed by atoms with Crippen LogP contribution in [0, 0.1) is 6.92 Å². The first kappa shape index (κ1) is 16.4. The Morgan fingerprint density at radius 2 is 2.25 bits per heavy atom. The Kier molecular flexibility index (Phi) is 4.78. The summed E-state index contributed by atoms with van der Waals surface area (Å²) < 4.78 is 5.35. The molecule has 3 rings (SSSR count).